The Morgan fingerprint density at radius 2 is 1.33 bits per heavy atom. The Kier molecular flexibility index (Phi) is 3.63. The minimum absolute atomic E-state index is 0.0134. The van der Waals surface area contributed by atoms with Gasteiger partial charge in [0.2, 0.25) is 5.78 Å². The van der Waals surface area contributed by atoms with E-state index in [1.165, 1.54) is 27.7 Å². The molecule has 0 aromatic carbocycles. The number of carbonyl (C=O) groups is 3. The minimum atomic E-state index is -1.53. The Balaban J connectivity index is 4.86. The van der Waals surface area contributed by atoms with Crippen molar-refractivity contribution < 1.29 is 24.6 Å². The van der Waals surface area contributed by atoms with Gasteiger partial charge in [-0.3, -0.25) is 9.59 Å². The summed E-state index contributed by atoms with van der Waals surface area (Å²) in [5.41, 5.74) is -2.29. The highest BCUT2D eigenvalue weighted by molar-refractivity contribution is 6.34. The molecule has 0 aromatic rings. The number of carboxylic acids is 2. The van der Waals surface area contributed by atoms with Gasteiger partial charge in [0, 0.05) is 5.41 Å². The van der Waals surface area contributed by atoms with Gasteiger partial charge in [-0.1, -0.05) is 13.8 Å². The van der Waals surface area contributed by atoms with Gasteiger partial charge in [0.15, 0.2) is 0 Å². The van der Waals surface area contributed by atoms with Crippen molar-refractivity contribution in [1.29, 1.82) is 0 Å². The Bertz CT molecular complexity index is 301. The van der Waals surface area contributed by atoms with Crippen molar-refractivity contribution in [2.45, 2.75) is 34.1 Å². The van der Waals surface area contributed by atoms with E-state index in [1.54, 1.807) is 0 Å². The number of rotatable bonds is 5. The van der Waals surface area contributed by atoms with Gasteiger partial charge < -0.3 is 10.2 Å². The molecule has 0 bridgehead atoms. The SMILES string of the molecule is CC(C)(CC(C)(C)C(=O)C(=O)O)C(=O)O. The van der Waals surface area contributed by atoms with Crippen LogP contribution < -0.4 is 0 Å². The zero-order valence-corrected chi connectivity index (χ0v) is 9.33. The highest BCUT2D eigenvalue weighted by Gasteiger charge is 2.41. The molecule has 0 atom stereocenters. The van der Waals surface area contributed by atoms with Crippen LogP contribution in [0, 0.1) is 10.8 Å². The molecular formula is C10H16O5. The van der Waals surface area contributed by atoms with Crippen molar-refractivity contribution in [3.8, 4) is 0 Å². The quantitative estimate of drug-likeness (QED) is 0.673. The highest BCUT2D eigenvalue weighted by atomic mass is 16.4. The monoisotopic (exact) mass is 216 g/mol. The molecule has 0 fully saturated rings. The van der Waals surface area contributed by atoms with Crippen LogP contribution in [0.1, 0.15) is 34.1 Å². The molecule has 0 heterocycles. The van der Waals surface area contributed by atoms with Gasteiger partial charge in [-0.2, -0.15) is 0 Å². The lowest BCUT2D eigenvalue weighted by atomic mass is 9.73. The number of hydrogen-bond acceptors (Lipinski definition) is 3. The van der Waals surface area contributed by atoms with E-state index in [1.807, 2.05) is 0 Å². The van der Waals surface area contributed by atoms with Crippen molar-refractivity contribution in [1.82, 2.24) is 0 Å². The van der Waals surface area contributed by atoms with E-state index in [0.717, 1.165) is 0 Å². The van der Waals surface area contributed by atoms with Crippen LogP contribution in [0.25, 0.3) is 0 Å². The van der Waals surface area contributed by atoms with Crippen molar-refractivity contribution >= 4 is 17.7 Å². The maximum Gasteiger partial charge on any atom is 0.372 e. The second-order valence-electron chi connectivity index (χ2n) is 4.88. The Labute approximate surface area is 88.1 Å². The first-order valence-electron chi connectivity index (χ1n) is 4.52. The average molecular weight is 216 g/mol. The van der Waals surface area contributed by atoms with Crippen LogP contribution in [-0.2, 0) is 14.4 Å². The summed E-state index contributed by atoms with van der Waals surface area (Å²) < 4.78 is 0. The fourth-order valence-electron chi connectivity index (χ4n) is 1.55. The van der Waals surface area contributed by atoms with Crippen LogP contribution in [0.15, 0.2) is 0 Å². The summed E-state index contributed by atoms with van der Waals surface area (Å²) in [5.74, 6) is -3.54. The second kappa shape index (κ2) is 4.00. The minimum Gasteiger partial charge on any atom is -0.481 e. The molecule has 0 aliphatic rings. The molecule has 0 aliphatic carbocycles. The largest absolute Gasteiger partial charge is 0.481 e. The number of Topliss-reactive ketones (excluding diaryl/α,β-unsaturated/α-hetero) is 1. The van der Waals surface area contributed by atoms with Crippen LogP contribution in [0.4, 0.5) is 0 Å². The maximum absolute atomic E-state index is 11.3. The number of ketones is 1. The normalized spacial score (nSPS) is 12.3. The summed E-state index contributed by atoms with van der Waals surface area (Å²) in [6, 6.07) is 0. The summed E-state index contributed by atoms with van der Waals surface area (Å²) in [6.07, 6.45) is -0.0134. The molecule has 5 nitrogen and oxygen atoms in total. The van der Waals surface area contributed by atoms with Gasteiger partial charge in [-0.15, -0.1) is 0 Å². The van der Waals surface area contributed by atoms with E-state index in [0.29, 0.717) is 0 Å². The molecular weight excluding hydrogens is 200 g/mol. The van der Waals surface area contributed by atoms with Gasteiger partial charge in [0.05, 0.1) is 5.41 Å². The van der Waals surface area contributed by atoms with Crippen LogP contribution in [0.2, 0.25) is 0 Å². The lowest BCUT2D eigenvalue weighted by molar-refractivity contribution is -0.157. The number of carbonyl (C=O) groups excluding carboxylic acids is 1. The second-order valence-corrected chi connectivity index (χ2v) is 4.88. The van der Waals surface area contributed by atoms with E-state index in [4.69, 9.17) is 10.2 Å². The van der Waals surface area contributed by atoms with E-state index in [-0.39, 0.29) is 6.42 Å². The summed E-state index contributed by atoms with van der Waals surface area (Å²) in [4.78, 5) is 32.6. The van der Waals surface area contributed by atoms with Crippen LogP contribution >= 0.6 is 0 Å². The molecule has 2 N–H and O–H groups in total. The van der Waals surface area contributed by atoms with E-state index >= 15 is 0 Å². The molecule has 5 heteroatoms. The molecule has 0 unspecified atom stereocenters. The molecule has 0 aliphatic heterocycles. The zero-order chi connectivity index (χ0) is 12.4. The highest BCUT2D eigenvalue weighted by Crippen LogP contribution is 2.34. The van der Waals surface area contributed by atoms with Crippen molar-refractivity contribution in [3.05, 3.63) is 0 Å². The number of aliphatic carboxylic acids is 2. The Morgan fingerprint density at radius 3 is 1.60 bits per heavy atom. The fourth-order valence-corrected chi connectivity index (χ4v) is 1.55. The van der Waals surface area contributed by atoms with E-state index in [2.05, 4.69) is 0 Å². The molecule has 0 saturated carbocycles. The van der Waals surface area contributed by atoms with E-state index < -0.39 is 28.6 Å². The van der Waals surface area contributed by atoms with Crippen LogP contribution in [0.3, 0.4) is 0 Å². The molecule has 0 aromatic heterocycles. The first-order valence-corrected chi connectivity index (χ1v) is 4.52. The Morgan fingerprint density at radius 1 is 0.933 bits per heavy atom. The summed E-state index contributed by atoms with van der Waals surface area (Å²) >= 11 is 0. The van der Waals surface area contributed by atoms with Crippen LogP contribution in [-0.4, -0.2) is 27.9 Å². The smallest absolute Gasteiger partial charge is 0.372 e. The summed E-state index contributed by atoms with van der Waals surface area (Å²) in [5, 5.41) is 17.4. The predicted molar refractivity (Wildman–Crippen MR) is 52.5 cm³/mol. The summed E-state index contributed by atoms with van der Waals surface area (Å²) in [6.45, 7) is 5.81. The first kappa shape index (κ1) is 13.6. The van der Waals surface area contributed by atoms with Crippen molar-refractivity contribution in [2.24, 2.45) is 10.8 Å². The standard InChI is InChI=1S/C10H16O5/c1-9(2,6(11)7(12)13)5-10(3,4)8(14)15/h5H2,1-4H3,(H,12,13)(H,14,15). The number of carboxylic acid groups (broad SMARTS) is 2. The van der Waals surface area contributed by atoms with Crippen LogP contribution in [0.5, 0.6) is 0 Å². The molecule has 15 heavy (non-hydrogen) atoms. The van der Waals surface area contributed by atoms with Gasteiger partial charge in [0.1, 0.15) is 0 Å². The summed E-state index contributed by atoms with van der Waals surface area (Å²) in [7, 11) is 0. The van der Waals surface area contributed by atoms with Gasteiger partial charge >= 0.3 is 11.9 Å². The van der Waals surface area contributed by atoms with Crippen molar-refractivity contribution in [2.75, 3.05) is 0 Å². The average Bonchev–Trinajstić information content (AvgIpc) is 2.00. The third-order valence-corrected chi connectivity index (χ3v) is 2.27. The molecule has 0 saturated heterocycles. The topological polar surface area (TPSA) is 91.7 Å². The van der Waals surface area contributed by atoms with Gasteiger partial charge in [0.25, 0.3) is 0 Å². The lowest BCUT2D eigenvalue weighted by Gasteiger charge is -2.29. The van der Waals surface area contributed by atoms with Gasteiger partial charge in [-0.05, 0) is 20.3 Å². The molecule has 0 rings (SSSR count). The van der Waals surface area contributed by atoms with Crippen molar-refractivity contribution in [3.63, 3.8) is 0 Å². The fraction of sp³-hybridized carbons (Fsp3) is 0.700. The molecule has 0 amide bonds. The van der Waals surface area contributed by atoms with E-state index in [9.17, 15) is 14.4 Å². The molecule has 0 spiro atoms. The first-order chi connectivity index (χ1) is 6.50. The third-order valence-electron chi connectivity index (χ3n) is 2.27. The molecule has 86 valence electrons. The lowest BCUT2D eigenvalue weighted by Crippen LogP contribution is -2.38. The zero-order valence-electron chi connectivity index (χ0n) is 9.33. The Hall–Kier alpha value is -1.39. The predicted octanol–water partition coefficient (Wildman–Crippen LogP) is 1.17. The number of hydrogen-bond donors (Lipinski definition) is 2. The molecule has 0 radical (unpaired) electrons. The van der Waals surface area contributed by atoms with Gasteiger partial charge in [-0.25, -0.2) is 4.79 Å². The maximum atomic E-state index is 11.3. The third kappa shape index (κ3) is 3.34.